The minimum Gasteiger partial charge on any atom is -0.477 e. The van der Waals surface area contributed by atoms with Gasteiger partial charge in [0.15, 0.2) is 18.5 Å². The van der Waals surface area contributed by atoms with E-state index in [1.807, 2.05) is 18.2 Å². The Labute approximate surface area is 201 Å². The largest absolute Gasteiger partial charge is 0.477 e. The SMILES string of the molecule is CO/N=C(\C(=O)NC1C(=O)N2C(C(=O)O)=C(C[n+]3cccc4ccoc43)CS[C@H]12)c1cc(N)n[nH]1. The number of nitrogens with zero attached hydrogens (tertiary/aromatic N) is 4. The maximum absolute atomic E-state index is 13.0. The van der Waals surface area contributed by atoms with Gasteiger partial charge in [0.2, 0.25) is 0 Å². The van der Waals surface area contributed by atoms with Crippen LogP contribution in [0.15, 0.2) is 57.6 Å². The number of nitrogens with one attached hydrogen (secondary N) is 2. The lowest BCUT2D eigenvalue weighted by molar-refractivity contribution is -0.669. The van der Waals surface area contributed by atoms with Gasteiger partial charge in [-0.25, -0.2) is 4.79 Å². The number of anilines is 1. The number of H-pyrrole nitrogens is 1. The molecule has 2 atom stereocenters. The Morgan fingerprint density at radius 2 is 2.31 bits per heavy atom. The van der Waals surface area contributed by atoms with Crippen LogP contribution in [-0.4, -0.2) is 68.0 Å². The van der Waals surface area contributed by atoms with E-state index in [9.17, 15) is 19.5 Å². The van der Waals surface area contributed by atoms with Gasteiger partial charge in [0.25, 0.3) is 11.8 Å². The molecule has 5 rings (SSSR count). The summed E-state index contributed by atoms with van der Waals surface area (Å²) in [5.74, 6) is -1.95. The fourth-order valence-corrected chi connectivity index (χ4v) is 5.43. The van der Waals surface area contributed by atoms with Crippen molar-refractivity contribution in [1.82, 2.24) is 20.4 Å². The molecule has 35 heavy (non-hydrogen) atoms. The third kappa shape index (κ3) is 3.86. The molecule has 2 amide bonds. The molecule has 3 aromatic rings. The molecular formula is C21H20N7O6S+. The van der Waals surface area contributed by atoms with E-state index in [0.29, 0.717) is 17.0 Å². The van der Waals surface area contributed by atoms with E-state index in [2.05, 4.69) is 20.7 Å². The molecule has 5 heterocycles. The molecule has 2 aliphatic heterocycles. The summed E-state index contributed by atoms with van der Waals surface area (Å²) in [5.41, 5.74) is 6.71. The summed E-state index contributed by atoms with van der Waals surface area (Å²) in [7, 11) is 1.27. The summed E-state index contributed by atoms with van der Waals surface area (Å²) in [6.45, 7) is 0.235. The molecule has 0 bridgehead atoms. The smallest absolute Gasteiger partial charge is 0.380 e. The number of furan rings is 1. The quantitative estimate of drug-likeness (QED) is 0.149. The number of β-lactam (4-membered cyclic amide) rings is 1. The minimum absolute atomic E-state index is 0.0903. The summed E-state index contributed by atoms with van der Waals surface area (Å²) >= 11 is 1.36. The van der Waals surface area contributed by atoms with Crippen LogP contribution >= 0.6 is 11.8 Å². The van der Waals surface area contributed by atoms with Gasteiger partial charge in [-0.1, -0.05) is 5.16 Å². The van der Waals surface area contributed by atoms with E-state index < -0.39 is 29.2 Å². The maximum Gasteiger partial charge on any atom is 0.380 e. The first kappa shape index (κ1) is 22.5. The van der Waals surface area contributed by atoms with Crippen LogP contribution in [0.1, 0.15) is 5.69 Å². The maximum atomic E-state index is 13.0. The number of carbonyl (C=O) groups excluding carboxylic acids is 2. The zero-order valence-electron chi connectivity index (χ0n) is 18.3. The summed E-state index contributed by atoms with van der Waals surface area (Å²) in [6.07, 6.45) is 3.35. The lowest BCUT2D eigenvalue weighted by Gasteiger charge is -2.49. The Hall–Kier alpha value is -4.33. The molecule has 0 aliphatic carbocycles. The highest BCUT2D eigenvalue weighted by Gasteiger charge is 2.54. The number of thioether (sulfide) groups is 1. The molecule has 2 aliphatic rings. The van der Waals surface area contributed by atoms with Crippen molar-refractivity contribution in [2.45, 2.75) is 18.0 Å². The Morgan fingerprint density at radius 1 is 1.49 bits per heavy atom. The summed E-state index contributed by atoms with van der Waals surface area (Å²) in [5, 5.41) is 22.9. The molecule has 3 aromatic heterocycles. The predicted octanol–water partition coefficient (Wildman–Crippen LogP) is -0.185. The highest BCUT2D eigenvalue weighted by Crippen LogP contribution is 2.40. The van der Waals surface area contributed by atoms with Crippen molar-refractivity contribution in [3.63, 3.8) is 0 Å². The first-order valence-electron chi connectivity index (χ1n) is 10.4. The number of aromatic nitrogens is 3. The van der Waals surface area contributed by atoms with Gasteiger partial charge in [0.05, 0.1) is 17.3 Å². The van der Waals surface area contributed by atoms with Gasteiger partial charge >= 0.3 is 11.7 Å². The van der Waals surface area contributed by atoms with Crippen LogP contribution in [0.4, 0.5) is 5.82 Å². The topological polar surface area (TPSA) is 180 Å². The van der Waals surface area contributed by atoms with Crippen LogP contribution < -0.4 is 15.6 Å². The van der Waals surface area contributed by atoms with Crippen molar-refractivity contribution in [3.8, 4) is 0 Å². The Bertz CT molecular complexity index is 1410. The third-order valence-corrected chi connectivity index (χ3v) is 6.96. The highest BCUT2D eigenvalue weighted by molar-refractivity contribution is 8.00. The fraction of sp³-hybridized carbons (Fsp3) is 0.238. The third-order valence-electron chi connectivity index (χ3n) is 5.62. The van der Waals surface area contributed by atoms with E-state index in [1.165, 1.54) is 29.8 Å². The van der Waals surface area contributed by atoms with Gasteiger partial charge in [-0.05, 0) is 12.1 Å². The van der Waals surface area contributed by atoms with Crippen LogP contribution in [0, 0.1) is 0 Å². The summed E-state index contributed by atoms with van der Waals surface area (Å²) < 4.78 is 7.33. The van der Waals surface area contributed by atoms with Crippen molar-refractivity contribution in [1.29, 1.82) is 0 Å². The lowest BCUT2D eigenvalue weighted by Crippen LogP contribution is -2.71. The number of fused-ring (bicyclic) bond motifs is 2. The zero-order chi connectivity index (χ0) is 24.7. The molecule has 0 radical (unpaired) electrons. The molecule has 1 fully saturated rings. The van der Waals surface area contributed by atoms with Crippen LogP contribution in [0.5, 0.6) is 0 Å². The summed E-state index contributed by atoms with van der Waals surface area (Å²) in [6, 6.07) is 6.00. The molecule has 0 aromatic carbocycles. The fourth-order valence-electron chi connectivity index (χ4n) is 4.10. The average molecular weight is 499 g/mol. The van der Waals surface area contributed by atoms with Crippen LogP contribution in [-0.2, 0) is 25.8 Å². The number of hydrogen-bond donors (Lipinski definition) is 4. The second-order valence-electron chi connectivity index (χ2n) is 7.76. The number of oxime groups is 1. The van der Waals surface area contributed by atoms with Crippen LogP contribution in [0.3, 0.4) is 0 Å². The van der Waals surface area contributed by atoms with E-state index in [1.54, 1.807) is 17.0 Å². The average Bonchev–Trinajstić information content (AvgIpc) is 3.49. The van der Waals surface area contributed by atoms with Gasteiger partial charge in [0, 0.05) is 23.5 Å². The highest BCUT2D eigenvalue weighted by atomic mass is 32.2. The molecule has 0 saturated carbocycles. The Morgan fingerprint density at radius 3 is 3.03 bits per heavy atom. The number of nitrogens with two attached hydrogens (primary N) is 1. The van der Waals surface area contributed by atoms with Crippen LogP contribution in [0.2, 0.25) is 0 Å². The number of amides is 2. The van der Waals surface area contributed by atoms with Gasteiger partial charge < -0.3 is 25.4 Å². The Balaban J connectivity index is 1.38. The molecule has 1 unspecified atom stereocenters. The van der Waals surface area contributed by atoms with E-state index >= 15 is 0 Å². The van der Waals surface area contributed by atoms with Gasteiger partial charge in [-0.2, -0.15) is 9.67 Å². The van der Waals surface area contributed by atoms with Crippen molar-refractivity contribution >= 4 is 52.2 Å². The molecule has 0 spiro atoms. The monoisotopic (exact) mass is 498 g/mol. The minimum atomic E-state index is -1.22. The second kappa shape index (κ2) is 8.79. The van der Waals surface area contributed by atoms with Crippen LogP contribution in [0.25, 0.3) is 11.1 Å². The van der Waals surface area contributed by atoms with E-state index in [-0.39, 0.29) is 29.5 Å². The number of pyridine rings is 1. The number of hydrogen-bond acceptors (Lipinski definition) is 9. The van der Waals surface area contributed by atoms with Crippen molar-refractivity contribution in [3.05, 3.63) is 53.7 Å². The standard InChI is InChI=1S/C21H19N7O6S/c1-33-26-14(12-7-13(22)25-24-12)17(29)23-15-18(30)28-16(21(31)32)11(9-35-20(15)28)8-27-5-2-3-10-4-6-34-19(10)27/h2-7,15,20H,8-9H2,1H3,(H4-,22,23,24,25,26,29,31,32)/p+1/t15?,20-/m1/s1. The second-order valence-corrected chi connectivity index (χ2v) is 8.87. The van der Waals surface area contributed by atoms with E-state index in [0.717, 1.165) is 5.39 Å². The molecule has 1 saturated heterocycles. The van der Waals surface area contributed by atoms with Gasteiger partial charge in [-0.3, -0.25) is 19.6 Å². The van der Waals surface area contributed by atoms with Crippen molar-refractivity contribution in [2.24, 2.45) is 5.16 Å². The Kier molecular flexibility index (Phi) is 5.64. The van der Waals surface area contributed by atoms with Crippen molar-refractivity contribution < 1.29 is 33.3 Å². The molecule has 180 valence electrons. The normalized spacial score (nSPS) is 20.0. The molecular weight excluding hydrogens is 478 g/mol. The molecule has 5 N–H and O–H groups in total. The number of rotatable bonds is 7. The first-order chi connectivity index (χ1) is 16.9. The molecule has 13 nitrogen and oxygen atoms in total. The predicted molar refractivity (Wildman–Crippen MR) is 123 cm³/mol. The lowest BCUT2D eigenvalue weighted by atomic mass is 10.0. The molecule has 14 heteroatoms. The zero-order valence-corrected chi connectivity index (χ0v) is 19.1. The van der Waals surface area contributed by atoms with Crippen molar-refractivity contribution in [2.75, 3.05) is 18.6 Å². The number of carboxylic acids is 1. The van der Waals surface area contributed by atoms with E-state index in [4.69, 9.17) is 15.0 Å². The number of nitrogen functional groups attached to an aromatic ring is 1. The number of carbonyl (C=O) groups is 3. The first-order valence-corrected chi connectivity index (χ1v) is 11.4. The number of aromatic amines is 1. The van der Waals surface area contributed by atoms with Gasteiger partial charge in [0.1, 0.15) is 30.0 Å². The van der Waals surface area contributed by atoms with Gasteiger partial charge in [-0.15, -0.1) is 11.8 Å². The summed E-state index contributed by atoms with van der Waals surface area (Å²) in [4.78, 5) is 44.0. The number of carboxylic acid groups (broad SMARTS) is 1. The number of aliphatic carboxylic acids is 1.